The van der Waals surface area contributed by atoms with Gasteiger partial charge in [-0.1, -0.05) is 62.4 Å². The number of nitrogens with one attached hydrogen (secondary N) is 1. The average Bonchev–Trinajstić information content (AvgIpc) is 3.14. The summed E-state index contributed by atoms with van der Waals surface area (Å²) in [6.45, 7) is 6.61. The fourth-order valence-corrected chi connectivity index (χ4v) is 4.33. The van der Waals surface area contributed by atoms with Crippen molar-refractivity contribution in [2.45, 2.75) is 57.5 Å². The zero-order chi connectivity index (χ0) is 24.4. The molecule has 1 aliphatic rings. The van der Waals surface area contributed by atoms with Crippen molar-refractivity contribution in [2.75, 3.05) is 13.7 Å². The van der Waals surface area contributed by atoms with Gasteiger partial charge in [0.25, 0.3) is 0 Å². The van der Waals surface area contributed by atoms with Crippen LogP contribution >= 0.6 is 0 Å². The molecular weight excluding hydrogens is 420 g/mol. The van der Waals surface area contributed by atoms with Crippen LogP contribution in [0.4, 0.5) is 4.79 Å². The number of fused-ring (bicyclic) bond motifs is 3. The quantitative estimate of drug-likeness (QED) is 0.619. The molecule has 176 valence electrons. The van der Waals surface area contributed by atoms with Crippen LogP contribution in [0, 0.1) is 0 Å². The highest BCUT2D eigenvalue weighted by Crippen LogP contribution is 2.44. The van der Waals surface area contributed by atoms with E-state index in [1.165, 1.54) is 25.8 Å². The zero-order valence-electron chi connectivity index (χ0n) is 19.8. The highest BCUT2D eigenvalue weighted by atomic mass is 16.5. The maximum absolute atomic E-state index is 13.3. The van der Waals surface area contributed by atoms with Crippen molar-refractivity contribution < 1.29 is 24.2 Å². The van der Waals surface area contributed by atoms with Crippen LogP contribution in [0.1, 0.15) is 57.6 Å². The van der Waals surface area contributed by atoms with E-state index in [9.17, 15) is 19.5 Å². The molecule has 2 N–H and O–H groups in total. The molecule has 3 rings (SSSR count). The second-order valence-electron chi connectivity index (χ2n) is 8.97. The molecule has 0 heterocycles. The summed E-state index contributed by atoms with van der Waals surface area (Å²) in [6, 6.07) is 16.1. The summed E-state index contributed by atoms with van der Waals surface area (Å²) < 4.78 is 5.62. The summed E-state index contributed by atoms with van der Waals surface area (Å²) in [4.78, 5) is 39.0. The lowest BCUT2D eigenvalue weighted by Gasteiger charge is -2.40. The number of ether oxygens (including phenoxy) is 1. The topological polar surface area (TPSA) is 95.9 Å². The second kappa shape index (κ2) is 9.25. The third-order valence-corrected chi connectivity index (χ3v) is 6.97. The summed E-state index contributed by atoms with van der Waals surface area (Å²) in [6.07, 6.45) is -0.102. The predicted molar refractivity (Wildman–Crippen MR) is 126 cm³/mol. The van der Waals surface area contributed by atoms with Crippen LogP contribution in [0.5, 0.6) is 0 Å². The first-order valence-electron chi connectivity index (χ1n) is 11.2. The standard InChI is InChI=1S/C26H32N2O5/c1-6-26(7-2,22(29)28(5)25(3,4)23(30)31)27-24(32)33-16-21-19-14-10-8-12-17(19)18-13-9-11-15-20(18)21/h8-15,21H,6-7,16H2,1-5H3,(H,27,32)(H,30,31). The first-order chi connectivity index (χ1) is 15.6. The Kier molecular flexibility index (Phi) is 6.81. The van der Waals surface area contributed by atoms with Crippen LogP contribution in [-0.2, 0) is 14.3 Å². The molecule has 0 aromatic heterocycles. The molecule has 0 radical (unpaired) electrons. The first kappa shape index (κ1) is 24.3. The number of carbonyl (C=O) groups is 3. The third kappa shape index (κ3) is 4.32. The zero-order valence-corrected chi connectivity index (χ0v) is 19.8. The molecule has 0 atom stereocenters. The number of rotatable bonds is 8. The van der Waals surface area contributed by atoms with Gasteiger partial charge in [-0.25, -0.2) is 9.59 Å². The van der Waals surface area contributed by atoms with E-state index in [2.05, 4.69) is 17.4 Å². The molecule has 2 aromatic rings. The average molecular weight is 453 g/mol. The number of aliphatic carboxylic acids is 1. The molecule has 1 aliphatic carbocycles. The van der Waals surface area contributed by atoms with E-state index < -0.39 is 29.0 Å². The molecule has 0 saturated carbocycles. The highest BCUT2D eigenvalue weighted by molar-refractivity contribution is 5.93. The number of hydrogen-bond acceptors (Lipinski definition) is 4. The maximum Gasteiger partial charge on any atom is 0.408 e. The first-order valence-corrected chi connectivity index (χ1v) is 11.2. The van der Waals surface area contributed by atoms with E-state index in [0.29, 0.717) is 12.8 Å². The maximum atomic E-state index is 13.3. The second-order valence-corrected chi connectivity index (χ2v) is 8.97. The molecule has 7 nitrogen and oxygen atoms in total. The summed E-state index contributed by atoms with van der Waals surface area (Å²) >= 11 is 0. The van der Waals surface area contributed by atoms with Gasteiger partial charge in [0.2, 0.25) is 5.91 Å². The molecule has 0 spiro atoms. The van der Waals surface area contributed by atoms with Gasteiger partial charge in [-0.2, -0.15) is 0 Å². The van der Waals surface area contributed by atoms with Gasteiger partial charge in [0.15, 0.2) is 0 Å². The van der Waals surface area contributed by atoms with Crippen molar-refractivity contribution in [3.05, 3.63) is 59.7 Å². The van der Waals surface area contributed by atoms with Crippen LogP contribution in [0.3, 0.4) is 0 Å². The van der Waals surface area contributed by atoms with Crippen LogP contribution in [0.2, 0.25) is 0 Å². The van der Waals surface area contributed by atoms with E-state index in [1.54, 1.807) is 13.8 Å². The highest BCUT2D eigenvalue weighted by Gasteiger charge is 2.45. The summed E-state index contributed by atoms with van der Waals surface area (Å²) in [5.41, 5.74) is 1.78. The molecule has 0 fully saturated rings. The molecule has 33 heavy (non-hydrogen) atoms. The number of amides is 2. The van der Waals surface area contributed by atoms with Gasteiger partial charge in [0.1, 0.15) is 17.7 Å². The lowest BCUT2D eigenvalue weighted by molar-refractivity contribution is -0.158. The van der Waals surface area contributed by atoms with Crippen molar-refractivity contribution in [3.8, 4) is 11.1 Å². The van der Waals surface area contributed by atoms with Gasteiger partial charge in [-0.3, -0.25) is 4.79 Å². The van der Waals surface area contributed by atoms with E-state index in [1.807, 2.05) is 36.4 Å². The van der Waals surface area contributed by atoms with Crippen molar-refractivity contribution in [3.63, 3.8) is 0 Å². The Morgan fingerprint density at radius 1 is 0.970 bits per heavy atom. The number of nitrogens with zero attached hydrogens (tertiary/aromatic N) is 1. The number of alkyl carbamates (subject to hydrolysis) is 1. The molecule has 0 bridgehead atoms. The Labute approximate surface area is 194 Å². The molecule has 7 heteroatoms. The molecule has 2 aromatic carbocycles. The van der Waals surface area contributed by atoms with Crippen LogP contribution in [-0.4, -0.2) is 52.7 Å². The molecular formula is C26H32N2O5. The van der Waals surface area contributed by atoms with Gasteiger partial charge in [-0.15, -0.1) is 0 Å². The lowest BCUT2D eigenvalue weighted by atomic mass is 9.89. The predicted octanol–water partition coefficient (Wildman–Crippen LogP) is 4.41. The summed E-state index contributed by atoms with van der Waals surface area (Å²) in [7, 11) is 1.44. The minimum absolute atomic E-state index is 0.0925. The van der Waals surface area contributed by atoms with Crippen LogP contribution in [0.15, 0.2) is 48.5 Å². The van der Waals surface area contributed by atoms with Crippen molar-refractivity contribution in [2.24, 2.45) is 0 Å². The van der Waals surface area contributed by atoms with E-state index >= 15 is 0 Å². The summed E-state index contributed by atoms with van der Waals surface area (Å²) in [5.74, 6) is -1.68. The Hall–Kier alpha value is -3.35. The number of hydrogen-bond donors (Lipinski definition) is 2. The smallest absolute Gasteiger partial charge is 0.408 e. The van der Waals surface area contributed by atoms with E-state index in [0.717, 1.165) is 22.3 Å². The van der Waals surface area contributed by atoms with E-state index in [4.69, 9.17) is 4.74 Å². The number of carboxylic acid groups (broad SMARTS) is 1. The fraction of sp³-hybridized carbons (Fsp3) is 0.423. The Morgan fingerprint density at radius 2 is 1.45 bits per heavy atom. The van der Waals surface area contributed by atoms with Gasteiger partial charge in [-0.05, 0) is 48.9 Å². The minimum Gasteiger partial charge on any atom is -0.480 e. The number of likely N-dealkylation sites (N-methyl/N-ethyl adjacent to an activating group) is 1. The van der Waals surface area contributed by atoms with Gasteiger partial charge in [0.05, 0.1) is 0 Å². The van der Waals surface area contributed by atoms with Crippen LogP contribution < -0.4 is 5.32 Å². The van der Waals surface area contributed by atoms with E-state index in [-0.39, 0.29) is 12.5 Å². The third-order valence-electron chi connectivity index (χ3n) is 6.97. The van der Waals surface area contributed by atoms with Gasteiger partial charge >= 0.3 is 12.1 Å². The fourth-order valence-electron chi connectivity index (χ4n) is 4.33. The molecule has 2 amide bonds. The monoisotopic (exact) mass is 452 g/mol. The SMILES string of the molecule is CCC(CC)(NC(=O)OCC1c2ccccc2-c2ccccc21)C(=O)N(C)C(C)(C)C(=O)O. The lowest BCUT2D eigenvalue weighted by Crippen LogP contribution is -2.63. The van der Waals surface area contributed by atoms with Crippen molar-refractivity contribution >= 4 is 18.0 Å². The van der Waals surface area contributed by atoms with Crippen molar-refractivity contribution in [1.29, 1.82) is 0 Å². The van der Waals surface area contributed by atoms with Crippen LogP contribution in [0.25, 0.3) is 11.1 Å². The molecule has 0 unspecified atom stereocenters. The summed E-state index contributed by atoms with van der Waals surface area (Å²) in [5, 5.41) is 12.3. The van der Waals surface area contributed by atoms with Gasteiger partial charge in [0, 0.05) is 13.0 Å². The molecule has 0 saturated heterocycles. The largest absolute Gasteiger partial charge is 0.480 e. The Bertz CT molecular complexity index is 1010. The molecule has 0 aliphatic heterocycles. The van der Waals surface area contributed by atoms with Crippen molar-refractivity contribution in [1.82, 2.24) is 10.2 Å². The normalized spacial score (nSPS) is 13.1. The number of carbonyl (C=O) groups excluding carboxylic acids is 2. The minimum atomic E-state index is -1.42. The van der Waals surface area contributed by atoms with Gasteiger partial charge < -0.3 is 20.1 Å². The number of carboxylic acids is 1. The number of benzene rings is 2. The Morgan fingerprint density at radius 3 is 1.91 bits per heavy atom. The Balaban J connectivity index is 1.76.